The van der Waals surface area contributed by atoms with E-state index in [0.717, 1.165) is 37.6 Å². The van der Waals surface area contributed by atoms with Crippen LogP contribution in [0.25, 0.3) is 11.1 Å². The number of carbonyl (C=O) groups is 1. The summed E-state index contributed by atoms with van der Waals surface area (Å²) in [4.78, 5) is 20.2. The Morgan fingerprint density at radius 2 is 1.69 bits per heavy atom. The monoisotopic (exact) mass is 408 g/mol. The second-order valence-electron chi connectivity index (χ2n) is 8.01. The van der Waals surface area contributed by atoms with E-state index in [-0.39, 0.29) is 0 Å². The average Bonchev–Trinajstić information content (AvgIpc) is 3.09. The van der Waals surface area contributed by atoms with Gasteiger partial charge in [-0.3, -0.25) is 0 Å². The van der Waals surface area contributed by atoms with Crippen molar-refractivity contribution in [1.82, 2.24) is 15.3 Å². The fraction of sp³-hybridized carbons (Fsp3) is 0.450. The van der Waals surface area contributed by atoms with Gasteiger partial charge >= 0.3 is 12.1 Å². The summed E-state index contributed by atoms with van der Waals surface area (Å²) in [5.41, 5.74) is 2.93. The number of benzene rings is 1. The lowest BCUT2D eigenvalue weighted by Gasteiger charge is -2.30. The SMILES string of the molecule is C[C@@]12CNC[C@]1(C)CN(c1ncncc1-c1ccccc1)C2.O=C(O)C(F)(F)F. The van der Waals surface area contributed by atoms with E-state index in [1.54, 1.807) is 6.33 Å². The zero-order valence-electron chi connectivity index (χ0n) is 16.2. The molecule has 2 aliphatic heterocycles. The maximum Gasteiger partial charge on any atom is 0.490 e. The fourth-order valence-corrected chi connectivity index (χ4v) is 3.98. The Kier molecular flexibility index (Phi) is 5.53. The summed E-state index contributed by atoms with van der Waals surface area (Å²) in [6, 6.07) is 10.4. The molecule has 0 amide bonds. The van der Waals surface area contributed by atoms with E-state index < -0.39 is 12.1 Å². The van der Waals surface area contributed by atoms with Gasteiger partial charge in [-0.25, -0.2) is 14.8 Å². The number of nitrogens with zero attached hydrogens (tertiary/aromatic N) is 3. The van der Waals surface area contributed by atoms with E-state index in [1.807, 2.05) is 12.3 Å². The minimum Gasteiger partial charge on any atom is -0.475 e. The molecule has 0 unspecified atom stereocenters. The Balaban J connectivity index is 0.000000298. The van der Waals surface area contributed by atoms with Crippen LogP contribution < -0.4 is 10.2 Å². The van der Waals surface area contributed by atoms with Crippen LogP contribution in [0.4, 0.5) is 19.0 Å². The standard InChI is InChI=1S/C18H22N4.C2HF3O2/c1-17-9-20-10-18(17,2)12-22(11-17)16-15(8-19-13-21-16)14-6-4-3-5-7-14;3-2(4,5)1(6)7/h3-8,13,20H,9-12H2,1-2H3;(H,6,7)/t17-,18+;. The van der Waals surface area contributed by atoms with Crippen LogP contribution in [-0.2, 0) is 4.79 Å². The number of halogens is 3. The Hall–Kier alpha value is -2.68. The van der Waals surface area contributed by atoms with Crippen LogP contribution in [0, 0.1) is 10.8 Å². The van der Waals surface area contributed by atoms with Crippen molar-refractivity contribution >= 4 is 11.8 Å². The molecule has 2 N–H and O–H groups in total. The van der Waals surface area contributed by atoms with E-state index >= 15 is 0 Å². The van der Waals surface area contributed by atoms with Crippen LogP contribution in [0.2, 0.25) is 0 Å². The summed E-state index contributed by atoms with van der Waals surface area (Å²) in [5.74, 6) is -1.69. The normalized spacial score (nSPS) is 25.9. The molecule has 0 saturated carbocycles. The molecule has 9 heteroatoms. The van der Waals surface area contributed by atoms with Gasteiger partial charge in [-0.2, -0.15) is 13.2 Å². The molecule has 0 aliphatic carbocycles. The van der Waals surface area contributed by atoms with Gasteiger partial charge in [0.15, 0.2) is 0 Å². The Labute approximate surface area is 166 Å². The highest BCUT2D eigenvalue weighted by atomic mass is 19.4. The zero-order valence-corrected chi connectivity index (χ0v) is 16.2. The van der Waals surface area contributed by atoms with E-state index in [1.165, 1.54) is 5.56 Å². The first-order chi connectivity index (χ1) is 13.6. The molecule has 2 fully saturated rings. The van der Waals surface area contributed by atoms with Crippen LogP contribution in [0.1, 0.15) is 13.8 Å². The van der Waals surface area contributed by atoms with Crippen LogP contribution in [0.15, 0.2) is 42.9 Å². The van der Waals surface area contributed by atoms with Crippen molar-refractivity contribution in [3.63, 3.8) is 0 Å². The molecule has 4 rings (SSSR count). The molecule has 0 bridgehead atoms. The number of hydrogen-bond donors (Lipinski definition) is 2. The van der Waals surface area contributed by atoms with Crippen molar-refractivity contribution in [1.29, 1.82) is 0 Å². The zero-order chi connectivity index (χ0) is 21.3. The smallest absolute Gasteiger partial charge is 0.475 e. The molecule has 6 nitrogen and oxygen atoms in total. The molecule has 2 aromatic rings. The number of anilines is 1. The predicted octanol–water partition coefficient (Wildman–Crippen LogP) is 3.21. The molecule has 2 saturated heterocycles. The number of nitrogens with one attached hydrogen (secondary N) is 1. The van der Waals surface area contributed by atoms with Gasteiger partial charge in [-0.05, 0) is 5.56 Å². The lowest BCUT2D eigenvalue weighted by molar-refractivity contribution is -0.192. The predicted molar refractivity (Wildman–Crippen MR) is 102 cm³/mol. The summed E-state index contributed by atoms with van der Waals surface area (Å²) in [5, 5.41) is 10.7. The molecule has 1 aromatic carbocycles. The Morgan fingerprint density at radius 1 is 1.14 bits per heavy atom. The van der Waals surface area contributed by atoms with E-state index in [9.17, 15) is 13.2 Å². The lowest BCUT2D eigenvalue weighted by Crippen LogP contribution is -2.34. The number of carboxylic acids is 1. The molecule has 0 radical (unpaired) electrons. The van der Waals surface area contributed by atoms with Crippen LogP contribution in [0.3, 0.4) is 0 Å². The number of alkyl halides is 3. The first kappa shape index (κ1) is 21.0. The van der Waals surface area contributed by atoms with Gasteiger partial charge in [0.05, 0.1) is 0 Å². The topological polar surface area (TPSA) is 78.3 Å². The average molecular weight is 408 g/mol. The van der Waals surface area contributed by atoms with Crippen LogP contribution >= 0.6 is 0 Å². The van der Waals surface area contributed by atoms with Crippen molar-refractivity contribution in [2.45, 2.75) is 20.0 Å². The second kappa shape index (κ2) is 7.62. The van der Waals surface area contributed by atoms with Crippen LogP contribution in [-0.4, -0.2) is 53.4 Å². The first-order valence-corrected chi connectivity index (χ1v) is 9.17. The molecule has 0 spiro atoms. The maximum atomic E-state index is 10.6. The quantitative estimate of drug-likeness (QED) is 0.795. The molecule has 2 atom stereocenters. The minimum absolute atomic E-state index is 0.311. The Bertz CT molecular complexity index is 860. The summed E-state index contributed by atoms with van der Waals surface area (Å²) >= 11 is 0. The molecule has 2 aliphatic rings. The van der Waals surface area contributed by atoms with Gasteiger partial charge in [0.1, 0.15) is 12.1 Å². The largest absolute Gasteiger partial charge is 0.490 e. The van der Waals surface area contributed by atoms with Gasteiger partial charge in [-0.1, -0.05) is 44.2 Å². The van der Waals surface area contributed by atoms with Gasteiger partial charge in [0, 0.05) is 48.8 Å². The number of fused-ring (bicyclic) bond motifs is 1. The molecule has 29 heavy (non-hydrogen) atoms. The van der Waals surface area contributed by atoms with Crippen molar-refractivity contribution in [2.75, 3.05) is 31.1 Å². The van der Waals surface area contributed by atoms with Crippen LogP contribution in [0.5, 0.6) is 0 Å². The highest BCUT2D eigenvalue weighted by Crippen LogP contribution is 2.50. The third kappa shape index (κ3) is 4.19. The molecular weight excluding hydrogens is 385 g/mol. The number of hydrogen-bond acceptors (Lipinski definition) is 5. The van der Waals surface area contributed by atoms with E-state index in [4.69, 9.17) is 9.90 Å². The summed E-state index contributed by atoms with van der Waals surface area (Å²) in [7, 11) is 0. The highest BCUT2D eigenvalue weighted by Gasteiger charge is 2.55. The number of carboxylic acid groups (broad SMARTS) is 1. The minimum atomic E-state index is -5.08. The molecular formula is C20H23F3N4O2. The van der Waals surface area contributed by atoms with Crippen molar-refractivity contribution < 1.29 is 23.1 Å². The second-order valence-corrected chi connectivity index (χ2v) is 8.01. The summed E-state index contributed by atoms with van der Waals surface area (Å²) in [6.07, 6.45) is -1.48. The molecule has 3 heterocycles. The van der Waals surface area contributed by atoms with Gasteiger partial charge in [0.25, 0.3) is 0 Å². The van der Waals surface area contributed by atoms with E-state index in [2.05, 4.69) is 58.3 Å². The molecule has 156 valence electrons. The first-order valence-electron chi connectivity index (χ1n) is 9.17. The van der Waals surface area contributed by atoms with Gasteiger partial charge in [0.2, 0.25) is 0 Å². The van der Waals surface area contributed by atoms with Gasteiger partial charge < -0.3 is 15.3 Å². The number of aromatic nitrogens is 2. The van der Waals surface area contributed by atoms with Crippen molar-refractivity contribution in [3.8, 4) is 11.1 Å². The molecule has 1 aromatic heterocycles. The number of rotatable bonds is 2. The van der Waals surface area contributed by atoms with Crippen molar-refractivity contribution in [3.05, 3.63) is 42.9 Å². The van der Waals surface area contributed by atoms with Crippen molar-refractivity contribution in [2.24, 2.45) is 10.8 Å². The third-order valence-electron chi connectivity index (χ3n) is 5.89. The summed E-state index contributed by atoms with van der Waals surface area (Å²) < 4.78 is 31.7. The summed E-state index contributed by atoms with van der Waals surface area (Å²) in [6.45, 7) is 9.07. The lowest BCUT2D eigenvalue weighted by atomic mass is 9.71. The van der Waals surface area contributed by atoms with E-state index in [0.29, 0.717) is 10.8 Å². The fourth-order valence-electron chi connectivity index (χ4n) is 3.98. The third-order valence-corrected chi connectivity index (χ3v) is 5.89. The van der Waals surface area contributed by atoms with Gasteiger partial charge in [-0.15, -0.1) is 0 Å². The maximum absolute atomic E-state index is 10.6. The number of aliphatic carboxylic acids is 1. The highest BCUT2D eigenvalue weighted by molar-refractivity contribution is 5.75. The Morgan fingerprint density at radius 3 is 2.21 bits per heavy atom.